The fourth-order valence-corrected chi connectivity index (χ4v) is 1.14. The highest BCUT2D eigenvalue weighted by Crippen LogP contribution is 2.13. The van der Waals surface area contributed by atoms with Crippen molar-refractivity contribution in [2.75, 3.05) is 0 Å². The molecule has 1 atom stereocenters. The van der Waals surface area contributed by atoms with Gasteiger partial charge in [-0.2, -0.15) is 13.2 Å². The van der Waals surface area contributed by atoms with Gasteiger partial charge in [-0.1, -0.05) is 25.0 Å². The van der Waals surface area contributed by atoms with E-state index in [-0.39, 0.29) is 6.10 Å². The number of carboxylic acid groups (broad SMARTS) is 1. The van der Waals surface area contributed by atoms with Gasteiger partial charge in [0.2, 0.25) is 0 Å². The molecule has 1 aliphatic carbocycles. The van der Waals surface area contributed by atoms with Crippen molar-refractivity contribution < 1.29 is 28.2 Å². The molecule has 1 rings (SSSR count). The van der Waals surface area contributed by atoms with E-state index in [0.29, 0.717) is 0 Å². The molecule has 16 heavy (non-hydrogen) atoms. The molecule has 2 N–H and O–H groups in total. The molecule has 0 aliphatic heterocycles. The van der Waals surface area contributed by atoms with Crippen molar-refractivity contribution in [3.8, 4) is 0 Å². The van der Waals surface area contributed by atoms with Crippen molar-refractivity contribution in [3.05, 3.63) is 12.2 Å². The number of halogens is 3. The Balaban J connectivity index is 0.000000293. The zero-order valence-corrected chi connectivity index (χ0v) is 8.70. The topological polar surface area (TPSA) is 57.5 Å². The van der Waals surface area contributed by atoms with Gasteiger partial charge < -0.3 is 10.2 Å². The predicted molar refractivity (Wildman–Crippen MR) is 51.9 cm³/mol. The molecule has 0 aromatic rings. The predicted octanol–water partition coefficient (Wildman–Crippen LogP) is 2.50. The molecule has 0 amide bonds. The summed E-state index contributed by atoms with van der Waals surface area (Å²) in [5, 5.41) is 16.3. The third-order valence-electron chi connectivity index (χ3n) is 1.97. The number of allylic oxidation sites excluding steroid dienone is 1. The monoisotopic (exact) mass is 240 g/mol. The van der Waals surface area contributed by atoms with E-state index in [0.717, 1.165) is 12.8 Å². The standard InChI is InChI=1S/C8H14O.C2HF3O2/c9-8-6-4-2-1-3-5-7-8;3-2(4,5)1(6)7/h4,6,8-9H,1-3,5,7H2;(H,6,7). The van der Waals surface area contributed by atoms with Crippen LogP contribution in [0.1, 0.15) is 32.1 Å². The van der Waals surface area contributed by atoms with Crippen LogP contribution < -0.4 is 0 Å². The number of aliphatic hydroxyl groups is 1. The third-order valence-corrected chi connectivity index (χ3v) is 1.97. The lowest BCUT2D eigenvalue weighted by atomic mass is 10.0. The molecule has 94 valence electrons. The maximum absolute atomic E-state index is 10.6. The summed E-state index contributed by atoms with van der Waals surface area (Å²) < 4.78 is 31.7. The first kappa shape index (κ1) is 15.0. The zero-order chi connectivity index (χ0) is 12.6. The van der Waals surface area contributed by atoms with Gasteiger partial charge in [0, 0.05) is 0 Å². The van der Waals surface area contributed by atoms with Crippen molar-refractivity contribution in [2.45, 2.75) is 44.4 Å². The molecule has 0 aromatic heterocycles. The van der Waals surface area contributed by atoms with Crippen LogP contribution in [0.5, 0.6) is 0 Å². The highest BCUT2D eigenvalue weighted by molar-refractivity contribution is 5.73. The Morgan fingerprint density at radius 1 is 1.25 bits per heavy atom. The van der Waals surface area contributed by atoms with Gasteiger partial charge in [-0.15, -0.1) is 0 Å². The molecular formula is C10H15F3O3. The van der Waals surface area contributed by atoms with Gasteiger partial charge in [0.05, 0.1) is 6.10 Å². The average Bonchev–Trinajstić information content (AvgIpc) is 2.11. The molecule has 0 heterocycles. The molecule has 0 bridgehead atoms. The number of carboxylic acids is 1. The molecule has 1 aliphatic rings. The van der Waals surface area contributed by atoms with Gasteiger partial charge in [-0.25, -0.2) is 4.79 Å². The minimum atomic E-state index is -5.08. The minimum Gasteiger partial charge on any atom is -0.475 e. The molecule has 0 saturated heterocycles. The largest absolute Gasteiger partial charge is 0.490 e. The summed E-state index contributed by atoms with van der Waals surface area (Å²) in [6.45, 7) is 0. The first-order chi connectivity index (χ1) is 7.34. The maximum Gasteiger partial charge on any atom is 0.490 e. The van der Waals surface area contributed by atoms with E-state index in [1.54, 1.807) is 0 Å². The van der Waals surface area contributed by atoms with Crippen LogP contribution in [0.25, 0.3) is 0 Å². The Labute approximate surface area is 91.6 Å². The van der Waals surface area contributed by atoms with E-state index >= 15 is 0 Å². The summed E-state index contributed by atoms with van der Waals surface area (Å²) >= 11 is 0. The van der Waals surface area contributed by atoms with Crippen molar-refractivity contribution in [2.24, 2.45) is 0 Å². The Bertz CT molecular complexity index is 236. The van der Waals surface area contributed by atoms with E-state index in [1.165, 1.54) is 19.3 Å². The van der Waals surface area contributed by atoms with Crippen LogP contribution >= 0.6 is 0 Å². The molecule has 0 saturated carbocycles. The highest BCUT2D eigenvalue weighted by Gasteiger charge is 2.38. The lowest BCUT2D eigenvalue weighted by molar-refractivity contribution is -0.192. The molecule has 0 fully saturated rings. The van der Waals surface area contributed by atoms with Crippen LogP contribution in [-0.4, -0.2) is 28.5 Å². The van der Waals surface area contributed by atoms with E-state index in [9.17, 15) is 13.2 Å². The first-order valence-electron chi connectivity index (χ1n) is 4.99. The lowest BCUT2D eigenvalue weighted by Gasteiger charge is -2.07. The van der Waals surface area contributed by atoms with Gasteiger partial charge in [0.25, 0.3) is 0 Å². The number of hydrogen-bond donors (Lipinski definition) is 2. The highest BCUT2D eigenvalue weighted by atomic mass is 19.4. The summed E-state index contributed by atoms with van der Waals surface area (Å²) in [7, 11) is 0. The van der Waals surface area contributed by atoms with Crippen molar-refractivity contribution in [1.29, 1.82) is 0 Å². The fourth-order valence-electron chi connectivity index (χ4n) is 1.14. The summed E-state index contributed by atoms with van der Waals surface area (Å²) in [4.78, 5) is 8.90. The van der Waals surface area contributed by atoms with Crippen LogP contribution in [0.3, 0.4) is 0 Å². The number of carbonyl (C=O) groups is 1. The van der Waals surface area contributed by atoms with E-state index < -0.39 is 12.1 Å². The van der Waals surface area contributed by atoms with Crippen LogP contribution in [0.15, 0.2) is 12.2 Å². The lowest BCUT2D eigenvalue weighted by Crippen LogP contribution is -2.21. The number of rotatable bonds is 0. The fraction of sp³-hybridized carbons (Fsp3) is 0.700. The third kappa shape index (κ3) is 8.28. The quantitative estimate of drug-likeness (QED) is 0.639. The van der Waals surface area contributed by atoms with E-state index in [4.69, 9.17) is 15.0 Å². The van der Waals surface area contributed by atoms with Gasteiger partial charge in [-0.05, 0) is 19.3 Å². The van der Waals surface area contributed by atoms with Crippen LogP contribution in [0, 0.1) is 0 Å². The number of hydrogen-bond acceptors (Lipinski definition) is 2. The second kappa shape index (κ2) is 7.27. The maximum atomic E-state index is 10.6. The molecule has 1 unspecified atom stereocenters. The average molecular weight is 240 g/mol. The molecule has 0 radical (unpaired) electrons. The van der Waals surface area contributed by atoms with Gasteiger partial charge in [0.1, 0.15) is 0 Å². The Morgan fingerprint density at radius 2 is 1.81 bits per heavy atom. The second-order valence-electron chi connectivity index (χ2n) is 3.44. The number of alkyl halides is 3. The minimum absolute atomic E-state index is 0.162. The zero-order valence-electron chi connectivity index (χ0n) is 8.70. The van der Waals surface area contributed by atoms with Crippen molar-refractivity contribution in [3.63, 3.8) is 0 Å². The Morgan fingerprint density at radius 3 is 2.31 bits per heavy atom. The van der Waals surface area contributed by atoms with Gasteiger partial charge in [-0.3, -0.25) is 0 Å². The summed E-state index contributed by atoms with van der Waals surface area (Å²) in [5.41, 5.74) is 0. The molecular weight excluding hydrogens is 225 g/mol. The Hall–Kier alpha value is -1.04. The molecule has 0 spiro atoms. The molecule has 0 aromatic carbocycles. The van der Waals surface area contributed by atoms with Crippen molar-refractivity contribution >= 4 is 5.97 Å². The van der Waals surface area contributed by atoms with Crippen LogP contribution in [0.2, 0.25) is 0 Å². The first-order valence-corrected chi connectivity index (χ1v) is 4.99. The van der Waals surface area contributed by atoms with E-state index in [2.05, 4.69) is 6.08 Å². The van der Waals surface area contributed by atoms with Crippen LogP contribution in [0.4, 0.5) is 13.2 Å². The van der Waals surface area contributed by atoms with E-state index in [1.807, 2.05) is 6.08 Å². The smallest absolute Gasteiger partial charge is 0.475 e. The number of aliphatic carboxylic acids is 1. The van der Waals surface area contributed by atoms with Gasteiger partial charge in [0.15, 0.2) is 0 Å². The van der Waals surface area contributed by atoms with Crippen LogP contribution in [-0.2, 0) is 4.79 Å². The van der Waals surface area contributed by atoms with Gasteiger partial charge >= 0.3 is 12.1 Å². The van der Waals surface area contributed by atoms with Crippen molar-refractivity contribution in [1.82, 2.24) is 0 Å². The molecule has 6 heteroatoms. The normalized spacial score (nSPS) is 21.4. The summed E-state index contributed by atoms with van der Waals surface area (Å²) in [6, 6.07) is 0. The number of aliphatic hydroxyl groups excluding tert-OH is 1. The SMILES string of the molecule is O=C(O)C(F)(F)F.OC1C=CCCCCC1. The molecule has 3 nitrogen and oxygen atoms in total. The summed E-state index contributed by atoms with van der Waals surface area (Å²) in [5.74, 6) is -2.76. The second-order valence-corrected chi connectivity index (χ2v) is 3.44. The summed E-state index contributed by atoms with van der Waals surface area (Å²) in [6.07, 6.45) is 4.62. The Kier molecular flexibility index (Phi) is 6.80.